The zero-order chi connectivity index (χ0) is 36.4. The monoisotopic (exact) mass is 694 g/mol. The molecule has 5 aromatic carbocycles. The van der Waals surface area contributed by atoms with Crippen LogP contribution in [0.15, 0.2) is 167 Å². The van der Waals surface area contributed by atoms with Gasteiger partial charge in [0.05, 0.1) is 49.2 Å². The number of carbonyl (C=O) groups is 2. The van der Waals surface area contributed by atoms with Crippen molar-refractivity contribution in [3.05, 3.63) is 147 Å². The molecule has 0 radical (unpaired) electrons. The summed E-state index contributed by atoms with van der Waals surface area (Å²) in [5.74, 6) is 0.532. The van der Waals surface area contributed by atoms with Gasteiger partial charge in [-0.2, -0.15) is 20.5 Å². The second-order valence-corrected chi connectivity index (χ2v) is 11.2. The van der Waals surface area contributed by atoms with E-state index < -0.39 is 11.9 Å². The van der Waals surface area contributed by atoms with E-state index in [-0.39, 0.29) is 13.2 Å². The lowest BCUT2D eigenvalue weighted by Crippen LogP contribution is -2.06. The highest BCUT2D eigenvalue weighted by Crippen LogP contribution is 2.29. The van der Waals surface area contributed by atoms with Crippen LogP contribution < -0.4 is 9.47 Å². The van der Waals surface area contributed by atoms with Gasteiger partial charge in [-0.3, -0.25) is 0 Å². The molecule has 10 nitrogen and oxygen atoms in total. The molecule has 0 saturated heterocycles. The summed E-state index contributed by atoms with van der Waals surface area (Å²) >= 11 is 0. The van der Waals surface area contributed by atoms with Crippen molar-refractivity contribution >= 4 is 34.7 Å². The van der Waals surface area contributed by atoms with Gasteiger partial charge in [-0.1, -0.05) is 61.7 Å². The van der Waals surface area contributed by atoms with E-state index in [1.807, 2.05) is 97.1 Å². The van der Waals surface area contributed by atoms with Crippen LogP contribution >= 0.6 is 0 Å². The molecule has 0 heterocycles. The summed E-state index contributed by atoms with van der Waals surface area (Å²) in [5.41, 5.74) is 7.25. The van der Waals surface area contributed by atoms with Crippen LogP contribution in [0, 0.1) is 0 Å². The third-order valence-electron chi connectivity index (χ3n) is 7.46. The van der Waals surface area contributed by atoms with Gasteiger partial charge < -0.3 is 18.9 Å². The van der Waals surface area contributed by atoms with Crippen molar-refractivity contribution < 1.29 is 28.5 Å². The highest BCUT2D eigenvalue weighted by atomic mass is 16.5. The van der Waals surface area contributed by atoms with Crippen LogP contribution in [0.25, 0.3) is 22.3 Å². The van der Waals surface area contributed by atoms with Gasteiger partial charge in [0, 0.05) is 25.0 Å². The topological polar surface area (TPSA) is 120 Å². The Labute approximate surface area is 302 Å². The van der Waals surface area contributed by atoms with Crippen LogP contribution in [-0.2, 0) is 19.1 Å². The molecule has 52 heavy (non-hydrogen) atoms. The van der Waals surface area contributed by atoms with Crippen LogP contribution in [0.4, 0.5) is 22.7 Å². The first-order valence-corrected chi connectivity index (χ1v) is 16.7. The molecular formula is C42H38N4O6. The van der Waals surface area contributed by atoms with E-state index in [0.29, 0.717) is 48.9 Å². The summed E-state index contributed by atoms with van der Waals surface area (Å²) in [5, 5.41) is 17.4. The smallest absolute Gasteiger partial charge is 0.330 e. The normalized spacial score (nSPS) is 10.9. The summed E-state index contributed by atoms with van der Waals surface area (Å²) in [4.78, 5) is 22.1. The molecular weight excluding hydrogens is 656 g/mol. The van der Waals surface area contributed by atoms with Crippen molar-refractivity contribution in [3.8, 4) is 33.8 Å². The van der Waals surface area contributed by atoms with Gasteiger partial charge in [0.15, 0.2) is 0 Å². The molecule has 0 spiro atoms. The third kappa shape index (κ3) is 11.7. The van der Waals surface area contributed by atoms with Crippen molar-refractivity contribution in [2.24, 2.45) is 20.5 Å². The highest BCUT2D eigenvalue weighted by Gasteiger charge is 2.03. The van der Waals surface area contributed by atoms with Gasteiger partial charge in [0.1, 0.15) is 11.5 Å². The molecule has 0 aliphatic rings. The zero-order valence-electron chi connectivity index (χ0n) is 28.6. The van der Waals surface area contributed by atoms with Crippen molar-refractivity contribution in [2.45, 2.75) is 12.8 Å². The van der Waals surface area contributed by atoms with Crippen molar-refractivity contribution in [1.82, 2.24) is 0 Å². The Morgan fingerprint density at radius 2 is 0.692 bits per heavy atom. The Balaban J connectivity index is 1.07. The number of nitrogens with zero attached hydrogens (tertiary/aromatic N) is 4. The van der Waals surface area contributed by atoms with Crippen LogP contribution in [0.3, 0.4) is 0 Å². The van der Waals surface area contributed by atoms with E-state index in [2.05, 4.69) is 57.9 Å². The molecule has 5 rings (SSSR count). The minimum Gasteiger partial charge on any atom is -0.493 e. The van der Waals surface area contributed by atoms with Gasteiger partial charge >= 0.3 is 11.9 Å². The highest BCUT2D eigenvalue weighted by molar-refractivity contribution is 5.81. The third-order valence-corrected chi connectivity index (χ3v) is 7.46. The number of hydrogen-bond donors (Lipinski definition) is 0. The Hall–Kier alpha value is -6.68. The van der Waals surface area contributed by atoms with Gasteiger partial charge in [0.2, 0.25) is 0 Å². The number of azo groups is 2. The Kier molecular flexibility index (Phi) is 13.7. The molecule has 0 bridgehead atoms. The average molecular weight is 695 g/mol. The molecule has 0 atom stereocenters. The molecule has 0 N–H and O–H groups in total. The zero-order valence-corrected chi connectivity index (χ0v) is 28.6. The summed E-state index contributed by atoms with van der Waals surface area (Å²) in [6.07, 6.45) is 3.45. The van der Waals surface area contributed by atoms with E-state index in [0.717, 1.165) is 45.8 Å². The van der Waals surface area contributed by atoms with Gasteiger partial charge in [0.25, 0.3) is 0 Å². The number of rotatable bonds is 18. The fourth-order valence-electron chi connectivity index (χ4n) is 4.71. The van der Waals surface area contributed by atoms with Crippen molar-refractivity contribution in [3.63, 3.8) is 0 Å². The number of hydrogen-bond acceptors (Lipinski definition) is 10. The van der Waals surface area contributed by atoms with Gasteiger partial charge in [-0.25, -0.2) is 9.59 Å². The maximum Gasteiger partial charge on any atom is 0.330 e. The summed E-state index contributed by atoms with van der Waals surface area (Å²) in [7, 11) is 0. The molecule has 0 saturated carbocycles. The number of ether oxygens (including phenoxy) is 4. The molecule has 0 aliphatic heterocycles. The van der Waals surface area contributed by atoms with Crippen molar-refractivity contribution in [2.75, 3.05) is 26.4 Å². The van der Waals surface area contributed by atoms with E-state index >= 15 is 0 Å². The Morgan fingerprint density at radius 3 is 0.981 bits per heavy atom. The molecule has 10 heteroatoms. The first-order valence-electron chi connectivity index (χ1n) is 16.7. The minimum absolute atomic E-state index is 0.282. The number of benzene rings is 5. The summed E-state index contributed by atoms with van der Waals surface area (Å²) < 4.78 is 21.2. The molecule has 0 fully saturated rings. The quantitative estimate of drug-likeness (QED) is 0.0389. The number of carbonyl (C=O) groups excluding carboxylic acids is 2. The first kappa shape index (κ1) is 36.6. The molecule has 0 aromatic heterocycles. The van der Waals surface area contributed by atoms with Crippen molar-refractivity contribution in [1.29, 1.82) is 0 Å². The van der Waals surface area contributed by atoms with E-state index in [1.54, 1.807) is 0 Å². The summed E-state index contributed by atoms with van der Waals surface area (Å²) in [6, 6.07) is 38.9. The van der Waals surface area contributed by atoms with E-state index in [9.17, 15) is 9.59 Å². The van der Waals surface area contributed by atoms with Crippen LogP contribution in [-0.4, -0.2) is 38.4 Å². The fraction of sp³-hybridized carbons (Fsp3) is 0.143. The van der Waals surface area contributed by atoms with E-state index in [4.69, 9.17) is 18.9 Å². The van der Waals surface area contributed by atoms with Crippen LogP contribution in [0.1, 0.15) is 12.8 Å². The molecule has 5 aromatic rings. The van der Waals surface area contributed by atoms with Crippen LogP contribution in [0.2, 0.25) is 0 Å². The average Bonchev–Trinajstić information content (AvgIpc) is 3.20. The minimum atomic E-state index is -0.437. The Bertz CT molecular complexity index is 1830. The molecule has 0 unspecified atom stereocenters. The second-order valence-electron chi connectivity index (χ2n) is 11.2. The lowest BCUT2D eigenvalue weighted by Gasteiger charge is -2.06. The number of esters is 2. The molecule has 0 aliphatic carbocycles. The SMILES string of the molecule is C=CC(=O)OCCCOc1ccc(N=Nc2ccc(-c3ccc(-c4ccc(N=Nc5ccc(OCCCOC(=O)C=C)cc5)cc4)cc3)cc2)cc1. The van der Waals surface area contributed by atoms with Gasteiger partial charge in [-0.05, 0) is 95.1 Å². The predicted octanol–water partition coefficient (Wildman–Crippen LogP) is 10.8. The van der Waals surface area contributed by atoms with Gasteiger partial charge in [-0.15, -0.1) is 0 Å². The summed E-state index contributed by atoms with van der Waals surface area (Å²) in [6.45, 7) is 8.15. The maximum atomic E-state index is 11.1. The fourth-order valence-corrected chi connectivity index (χ4v) is 4.71. The lowest BCUT2D eigenvalue weighted by atomic mass is 10.00. The largest absolute Gasteiger partial charge is 0.493 e. The van der Waals surface area contributed by atoms with E-state index in [1.165, 1.54) is 0 Å². The second kappa shape index (κ2) is 19.5. The molecule has 262 valence electrons. The predicted molar refractivity (Wildman–Crippen MR) is 201 cm³/mol. The maximum absolute atomic E-state index is 11.1. The molecule has 0 amide bonds. The standard InChI is InChI=1S/C42H38N4O6/c1-3-41(47)51-29-5-27-49-39-23-19-37(20-24-39)45-43-35-15-11-33(12-16-35)31-7-9-32(10-8-31)34-13-17-36(18-14-34)44-46-38-21-25-40(26-22-38)50-28-6-30-52-42(48)4-2/h3-4,7-26H,1-2,5-6,27-30H2. The Morgan fingerprint density at radius 1 is 0.423 bits per heavy atom. The van der Waals surface area contributed by atoms with Crippen LogP contribution in [0.5, 0.6) is 11.5 Å². The lowest BCUT2D eigenvalue weighted by molar-refractivity contribution is -0.138. The first-order chi connectivity index (χ1) is 25.5.